The average Bonchev–Trinajstić information content (AvgIpc) is 3.51. The highest BCUT2D eigenvalue weighted by Gasteiger charge is 2.47. The van der Waals surface area contributed by atoms with Gasteiger partial charge in [0.05, 0.1) is 18.3 Å². The largest absolute Gasteiger partial charge is 0.361 e. The minimum absolute atomic E-state index is 0.0777. The Morgan fingerprint density at radius 2 is 1.97 bits per heavy atom. The van der Waals surface area contributed by atoms with Crippen LogP contribution in [0.25, 0.3) is 10.9 Å². The van der Waals surface area contributed by atoms with Gasteiger partial charge in [0.1, 0.15) is 5.82 Å². The van der Waals surface area contributed by atoms with Gasteiger partial charge in [0.25, 0.3) is 5.91 Å². The van der Waals surface area contributed by atoms with Crippen molar-refractivity contribution in [1.29, 1.82) is 0 Å². The first-order chi connectivity index (χ1) is 16.2. The topological polar surface area (TPSA) is 99.3 Å². The number of nitrogens with one attached hydrogen (secondary N) is 3. The molecule has 6 rings (SSSR count). The van der Waals surface area contributed by atoms with Gasteiger partial charge in [0.15, 0.2) is 6.23 Å². The number of nitrogens with zero attached hydrogens (tertiary/aromatic N) is 2. The maximum absolute atomic E-state index is 13.3. The Morgan fingerprint density at radius 1 is 1.09 bits per heavy atom. The van der Waals surface area contributed by atoms with Crippen molar-refractivity contribution >= 4 is 34.3 Å². The molecule has 4 heterocycles. The lowest BCUT2D eigenvalue weighted by molar-refractivity contribution is 0.0356. The molecular formula is C25H21N5O3. The molecule has 1 fully saturated rings. The number of H-pyrrole nitrogens is 1. The number of ether oxygens (including phenoxy) is 1. The van der Waals surface area contributed by atoms with E-state index in [-0.39, 0.29) is 11.9 Å². The van der Waals surface area contributed by atoms with Gasteiger partial charge in [-0.3, -0.25) is 10.1 Å². The SMILES string of the molecule is O=C(Nc1ccccn1)Nc1cccc2c1C1OC[C@H](Cc3c[nH]c4ccccc34)N1C2=O. The molecule has 2 aliphatic rings. The van der Waals surface area contributed by atoms with Gasteiger partial charge in [0, 0.05) is 34.4 Å². The average molecular weight is 439 g/mol. The fraction of sp³-hybridized carbons (Fsp3) is 0.160. The molecule has 1 unspecified atom stereocenters. The van der Waals surface area contributed by atoms with Crippen LogP contribution in [-0.4, -0.2) is 39.5 Å². The predicted molar refractivity (Wildman–Crippen MR) is 124 cm³/mol. The highest BCUT2D eigenvalue weighted by Crippen LogP contribution is 2.44. The number of fused-ring (bicyclic) bond motifs is 4. The number of urea groups is 1. The molecule has 0 spiro atoms. The summed E-state index contributed by atoms with van der Waals surface area (Å²) < 4.78 is 6.10. The van der Waals surface area contributed by atoms with Crippen molar-refractivity contribution in [3.63, 3.8) is 0 Å². The molecule has 2 aromatic heterocycles. The summed E-state index contributed by atoms with van der Waals surface area (Å²) in [5.41, 5.74) is 4.02. The smallest absolute Gasteiger partial charge is 0.324 e. The summed E-state index contributed by atoms with van der Waals surface area (Å²) in [4.78, 5) is 35.1. The van der Waals surface area contributed by atoms with E-state index in [9.17, 15) is 9.59 Å². The molecule has 33 heavy (non-hydrogen) atoms. The van der Waals surface area contributed by atoms with Gasteiger partial charge >= 0.3 is 6.03 Å². The first kappa shape index (κ1) is 19.5. The Kier molecular flexibility index (Phi) is 4.58. The fourth-order valence-electron chi connectivity index (χ4n) is 4.73. The van der Waals surface area contributed by atoms with Gasteiger partial charge in [-0.15, -0.1) is 0 Å². The number of pyridine rings is 1. The van der Waals surface area contributed by atoms with E-state index in [4.69, 9.17) is 4.74 Å². The van der Waals surface area contributed by atoms with Crippen LogP contribution in [0.1, 0.15) is 27.7 Å². The van der Waals surface area contributed by atoms with Crippen molar-refractivity contribution in [2.45, 2.75) is 18.7 Å². The minimum Gasteiger partial charge on any atom is -0.361 e. The number of carbonyl (C=O) groups is 2. The van der Waals surface area contributed by atoms with Crippen LogP contribution in [0.3, 0.4) is 0 Å². The monoisotopic (exact) mass is 439 g/mol. The summed E-state index contributed by atoms with van der Waals surface area (Å²) >= 11 is 0. The van der Waals surface area contributed by atoms with Gasteiger partial charge < -0.3 is 19.9 Å². The number of para-hydroxylation sites is 1. The quantitative estimate of drug-likeness (QED) is 0.441. The third-order valence-electron chi connectivity index (χ3n) is 6.20. The number of amides is 3. The van der Waals surface area contributed by atoms with E-state index in [0.717, 1.165) is 16.5 Å². The Balaban J connectivity index is 1.25. The molecule has 2 atom stereocenters. The molecule has 0 aliphatic carbocycles. The van der Waals surface area contributed by atoms with Crippen molar-refractivity contribution in [2.75, 3.05) is 17.2 Å². The number of aromatic amines is 1. The Labute approximate surface area is 189 Å². The zero-order valence-corrected chi connectivity index (χ0v) is 17.6. The van der Waals surface area contributed by atoms with E-state index in [0.29, 0.717) is 35.7 Å². The molecular weight excluding hydrogens is 418 g/mol. The summed E-state index contributed by atoms with van der Waals surface area (Å²) in [6.45, 7) is 0.434. The number of hydrogen-bond acceptors (Lipinski definition) is 4. The second kappa shape index (κ2) is 7.75. The Hall–Kier alpha value is -4.17. The van der Waals surface area contributed by atoms with Gasteiger partial charge in [-0.2, -0.15) is 0 Å². The van der Waals surface area contributed by atoms with Gasteiger partial charge in [-0.05, 0) is 42.3 Å². The normalized spacial score (nSPS) is 18.9. The zero-order chi connectivity index (χ0) is 22.4. The minimum atomic E-state index is -0.519. The maximum atomic E-state index is 13.3. The number of carbonyl (C=O) groups excluding carboxylic acids is 2. The van der Waals surface area contributed by atoms with Crippen molar-refractivity contribution in [3.05, 3.63) is 89.7 Å². The van der Waals surface area contributed by atoms with Crippen LogP contribution < -0.4 is 10.6 Å². The van der Waals surface area contributed by atoms with Crippen LogP contribution >= 0.6 is 0 Å². The molecule has 2 aliphatic heterocycles. The van der Waals surface area contributed by atoms with Crippen LogP contribution in [0.5, 0.6) is 0 Å². The summed E-state index contributed by atoms with van der Waals surface area (Å²) in [5, 5.41) is 6.71. The van der Waals surface area contributed by atoms with Gasteiger partial charge in [-0.25, -0.2) is 9.78 Å². The molecule has 0 radical (unpaired) electrons. The Bertz CT molecular complexity index is 1370. The van der Waals surface area contributed by atoms with Crippen molar-refractivity contribution in [2.24, 2.45) is 0 Å². The summed E-state index contributed by atoms with van der Waals surface area (Å²) in [5.74, 6) is 0.363. The van der Waals surface area contributed by atoms with Crippen LogP contribution in [0, 0.1) is 0 Å². The van der Waals surface area contributed by atoms with Crippen LogP contribution in [0.4, 0.5) is 16.3 Å². The molecule has 3 N–H and O–H groups in total. The summed E-state index contributed by atoms with van der Waals surface area (Å²) in [6.07, 6.45) is 3.77. The molecule has 164 valence electrons. The van der Waals surface area contributed by atoms with Crippen molar-refractivity contribution in [3.8, 4) is 0 Å². The molecule has 0 saturated carbocycles. The molecule has 2 aromatic carbocycles. The van der Waals surface area contributed by atoms with Crippen LogP contribution in [0.2, 0.25) is 0 Å². The van der Waals surface area contributed by atoms with E-state index >= 15 is 0 Å². The Morgan fingerprint density at radius 3 is 2.85 bits per heavy atom. The number of hydrogen-bond donors (Lipinski definition) is 3. The van der Waals surface area contributed by atoms with Crippen molar-refractivity contribution in [1.82, 2.24) is 14.9 Å². The molecule has 3 amide bonds. The van der Waals surface area contributed by atoms with Gasteiger partial charge in [-0.1, -0.05) is 30.3 Å². The summed E-state index contributed by atoms with van der Waals surface area (Å²) in [7, 11) is 0. The van der Waals surface area contributed by atoms with E-state index in [2.05, 4.69) is 26.7 Å². The summed E-state index contributed by atoms with van der Waals surface area (Å²) in [6, 6.07) is 18.2. The lowest BCUT2D eigenvalue weighted by atomic mass is 10.0. The zero-order valence-electron chi connectivity index (χ0n) is 17.6. The lowest BCUT2D eigenvalue weighted by Crippen LogP contribution is -2.35. The highest BCUT2D eigenvalue weighted by atomic mass is 16.5. The second-order valence-electron chi connectivity index (χ2n) is 8.18. The second-order valence-corrected chi connectivity index (χ2v) is 8.18. The third kappa shape index (κ3) is 3.32. The van der Waals surface area contributed by atoms with Gasteiger partial charge in [0.2, 0.25) is 0 Å². The van der Waals surface area contributed by atoms with Crippen LogP contribution in [-0.2, 0) is 11.2 Å². The first-order valence-corrected chi connectivity index (χ1v) is 10.8. The first-order valence-electron chi connectivity index (χ1n) is 10.8. The van der Waals surface area contributed by atoms with Crippen LogP contribution in [0.15, 0.2) is 73.1 Å². The highest BCUT2D eigenvalue weighted by molar-refractivity contribution is 6.05. The maximum Gasteiger partial charge on any atom is 0.324 e. The lowest BCUT2D eigenvalue weighted by Gasteiger charge is -2.22. The predicted octanol–water partition coefficient (Wildman–Crippen LogP) is 4.30. The molecule has 8 nitrogen and oxygen atoms in total. The van der Waals surface area contributed by atoms with E-state index < -0.39 is 12.3 Å². The van der Waals surface area contributed by atoms with E-state index in [1.807, 2.05) is 24.4 Å². The molecule has 1 saturated heterocycles. The third-order valence-corrected chi connectivity index (χ3v) is 6.20. The number of aromatic nitrogens is 2. The van der Waals surface area contributed by atoms with E-state index in [1.54, 1.807) is 47.5 Å². The number of anilines is 2. The number of rotatable bonds is 4. The molecule has 4 aromatic rings. The molecule has 0 bridgehead atoms. The standard InChI is InChI=1S/C25H21N5O3/c31-23-18-7-5-9-20(28-25(32)29-21-10-3-4-11-26-21)22(18)24-30(23)16(14-33-24)12-15-13-27-19-8-2-1-6-17(15)19/h1-11,13,16,24,27H,12,14H2,(H2,26,28,29,32)/t16-,24?/m0/s1. The van der Waals surface area contributed by atoms with E-state index in [1.165, 1.54) is 0 Å². The fourth-order valence-corrected chi connectivity index (χ4v) is 4.73. The number of benzene rings is 2. The molecule has 8 heteroatoms. The van der Waals surface area contributed by atoms with Crippen molar-refractivity contribution < 1.29 is 14.3 Å².